The van der Waals surface area contributed by atoms with Crippen LogP contribution in [0.1, 0.15) is 37.6 Å². The van der Waals surface area contributed by atoms with Crippen LogP contribution in [0, 0.1) is 5.92 Å². The number of rotatable bonds is 9. The van der Waals surface area contributed by atoms with Crippen molar-refractivity contribution in [2.24, 2.45) is 5.92 Å². The van der Waals surface area contributed by atoms with Gasteiger partial charge in [0.15, 0.2) is 0 Å². The minimum Gasteiger partial charge on any atom is -0.465 e. The summed E-state index contributed by atoms with van der Waals surface area (Å²) in [5.41, 5.74) is 0.927. The van der Waals surface area contributed by atoms with Crippen molar-refractivity contribution in [3.63, 3.8) is 0 Å². The van der Waals surface area contributed by atoms with Crippen molar-refractivity contribution < 1.29 is 23.9 Å². The molecule has 0 saturated carbocycles. The van der Waals surface area contributed by atoms with Gasteiger partial charge >= 0.3 is 5.97 Å². The van der Waals surface area contributed by atoms with Gasteiger partial charge in [0.05, 0.1) is 19.6 Å². The second kappa shape index (κ2) is 11.3. The number of benzene rings is 1. The molecule has 0 aliphatic carbocycles. The van der Waals surface area contributed by atoms with Crippen molar-refractivity contribution in [2.75, 3.05) is 38.1 Å². The Morgan fingerprint density at radius 1 is 1.30 bits per heavy atom. The van der Waals surface area contributed by atoms with Gasteiger partial charge in [0.1, 0.15) is 6.04 Å². The Morgan fingerprint density at radius 2 is 2.07 bits per heavy atom. The van der Waals surface area contributed by atoms with Crippen LogP contribution in [0.2, 0.25) is 0 Å². The molecule has 9 nitrogen and oxygen atoms in total. The number of hydrogen-bond donors (Lipinski definition) is 3. The van der Waals surface area contributed by atoms with E-state index in [2.05, 4.69) is 16.0 Å². The van der Waals surface area contributed by atoms with Crippen LogP contribution in [-0.4, -0.2) is 67.4 Å². The lowest BCUT2D eigenvalue weighted by molar-refractivity contribution is -0.149. The second-order valence-corrected chi connectivity index (χ2v) is 7.55. The summed E-state index contributed by atoms with van der Waals surface area (Å²) in [7, 11) is 0. The maximum Gasteiger partial charge on any atom is 0.307 e. The molecule has 1 aliphatic heterocycles. The molecule has 0 radical (unpaired) electrons. The number of nitrogens with zero attached hydrogens (tertiary/aromatic N) is 1. The Bertz CT molecular complexity index is 780. The topological polar surface area (TPSA) is 117 Å². The summed E-state index contributed by atoms with van der Waals surface area (Å²) < 4.78 is 5.17. The zero-order chi connectivity index (χ0) is 22.1. The van der Waals surface area contributed by atoms with Crippen LogP contribution in [0.15, 0.2) is 24.3 Å². The SMILES string of the molecule is CCNC(=O)c1cccc(NC(=O)CN2CCNC(=O)C2CC(=O)OCC(C)C)c1. The van der Waals surface area contributed by atoms with E-state index in [0.717, 1.165) is 0 Å². The van der Waals surface area contributed by atoms with Gasteiger partial charge in [-0.1, -0.05) is 19.9 Å². The molecule has 1 aromatic rings. The maximum atomic E-state index is 12.5. The molecule has 1 heterocycles. The van der Waals surface area contributed by atoms with E-state index >= 15 is 0 Å². The first kappa shape index (κ1) is 23.3. The monoisotopic (exact) mass is 418 g/mol. The van der Waals surface area contributed by atoms with Gasteiger partial charge in [0, 0.05) is 30.9 Å². The molecule has 1 atom stereocenters. The van der Waals surface area contributed by atoms with E-state index in [1.54, 1.807) is 29.2 Å². The predicted octanol–water partition coefficient (Wildman–Crippen LogP) is 0.765. The van der Waals surface area contributed by atoms with E-state index in [0.29, 0.717) is 30.9 Å². The number of hydrogen-bond acceptors (Lipinski definition) is 6. The largest absolute Gasteiger partial charge is 0.465 e. The average molecular weight is 418 g/mol. The van der Waals surface area contributed by atoms with Gasteiger partial charge in [0.25, 0.3) is 5.91 Å². The van der Waals surface area contributed by atoms with Gasteiger partial charge in [-0.25, -0.2) is 0 Å². The molecule has 3 amide bonds. The van der Waals surface area contributed by atoms with Gasteiger partial charge in [0.2, 0.25) is 11.8 Å². The Morgan fingerprint density at radius 3 is 2.77 bits per heavy atom. The van der Waals surface area contributed by atoms with Crippen LogP contribution < -0.4 is 16.0 Å². The third-order valence-electron chi connectivity index (χ3n) is 4.47. The molecule has 164 valence electrons. The minimum absolute atomic E-state index is 0.0546. The molecule has 9 heteroatoms. The molecule has 3 N–H and O–H groups in total. The molecule has 1 fully saturated rings. The lowest BCUT2D eigenvalue weighted by Gasteiger charge is -2.33. The van der Waals surface area contributed by atoms with Gasteiger partial charge in [-0.15, -0.1) is 0 Å². The Labute approximate surface area is 176 Å². The van der Waals surface area contributed by atoms with Gasteiger partial charge in [-0.3, -0.25) is 24.1 Å². The third kappa shape index (κ3) is 7.14. The zero-order valence-corrected chi connectivity index (χ0v) is 17.7. The summed E-state index contributed by atoms with van der Waals surface area (Å²) >= 11 is 0. The van der Waals surface area contributed by atoms with E-state index < -0.39 is 12.0 Å². The second-order valence-electron chi connectivity index (χ2n) is 7.55. The first-order valence-corrected chi connectivity index (χ1v) is 10.2. The van der Waals surface area contributed by atoms with Crippen LogP contribution in [0.3, 0.4) is 0 Å². The molecule has 1 unspecified atom stereocenters. The average Bonchev–Trinajstić information content (AvgIpc) is 2.69. The van der Waals surface area contributed by atoms with Gasteiger partial charge < -0.3 is 20.7 Å². The molecule has 30 heavy (non-hydrogen) atoms. The zero-order valence-electron chi connectivity index (χ0n) is 17.7. The number of piperazine rings is 1. The lowest BCUT2D eigenvalue weighted by atomic mass is 10.1. The van der Waals surface area contributed by atoms with Crippen molar-refractivity contribution in [3.8, 4) is 0 Å². The minimum atomic E-state index is -0.758. The molecular formula is C21H30N4O5. The van der Waals surface area contributed by atoms with Crippen molar-refractivity contribution in [3.05, 3.63) is 29.8 Å². The van der Waals surface area contributed by atoms with E-state index in [-0.39, 0.29) is 43.2 Å². The Kier molecular flexibility index (Phi) is 8.79. The summed E-state index contributed by atoms with van der Waals surface area (Å²) in [6, 6.07) is 5.86. The summed E-state index contributed by atoms with van der Waals surface area (Å²) in [5, 5.41) is 8.18. The normalized spacial score (nSPS) is 16.7. The molecular weight excluding hydrogens is 388 g/mol. The van der Waals surface area contributed by atoms with Crippen molar-refractivity contribution in [2.45, 2.75) is 33.2 Å². The fraction of sp³-hybridized carbons (Fsp3) is 0.524. The standard InChI is InChI=1S/C21H30N4O5/c1-4-22-20(28)15-6-5-7-16(10-15)24-18(26)12-25-9-8-23-21(29)17(25)11-19(27)30-13-14(2)3/h5-7,10,14,17H,4,8-9,11-13H2,1-3H3,(H,22,28)(H,23,29)(H,24,26). The van der Waals surface area contributed by atoms with Gasteiger partial charge in [-0.05, 0) is 31.0 Å². The van der Waals surface area contributed by atoms with Gasteiger partial charge in [-0.2, -0.15) is 0 Å². The van der Waals surface area contributed by atoms with Crippen molar-refractivity contribution >= 4 is 29.4 Å². The molecule has 0 bridgehead atoms. The first-order valence-electron chi connectivity index (χ1n) is 10.2. The third-order valence-corrected chi connectivity index (χ3v) is 4.47. The van der Waals surface area contributed by atoms with E-state index in [9.17, 15) is 19.2 Å². The molecule has 2 rings (SSSR count). The highest BCUT2D eigenvalue weighted by atomic mass is 16.5. The van der Waals surface area contributed by atoms with Crippen LogP contribution in [0.4, 0.5) is 5.69 Å². The summed E-state index contributed by atoms with van der Waals surface area (Å²) in [5.74, 6) is -1.12. The van der Waals surface area contributed by atoms with Crippen molar-refractivity contribution in [1.82, 2.24) is 15.5 Å². The Balaban J connectivity index is 1.98. The summed E-state index contributed by atoms with van der Waals surface area (Å²) in [4.78, 5) is 50.5. The maximum absolute atomic E-state index is 12.5. The fourth-order valence-electron chi connectivity index (χ4n) is 3.04. The molecule has 1 aromatic carbocycles. The molecule has 1 saturated heterocycles. The number of anilines is 1. The number of esters is 1. The van der Waals surface area contributed by atoms with E-state index in [1.165, 1.54) is 0 Å². The van der Waals surface area contributed by atoms with Crippen molar-refractivity contribution in [1.29, 1.82) is 0 Å². The highest BCUT2D eigenvalue weighted by Crippen LogP contribution is 2.13. The number of nitrogens with one attached hydrogen (secondary N) is 3. The van der Waals surface area contributed by atoms with Crippen LogP contribution >= 0.6 is 0 Å². The number of amides is 3. The number of carbonyl (C=O) groups excluding carboxylic acids is 4. The first-order chi connectivity index (χ1) is 14.3. The van der Waals surface area contributed by atoms with E-state index in [1.807, 2.05) is 20.8 Å². The smallest absolute Gasteiger partial charge is 0.307 e. The Hall–Kier alpha value is -2.94. The molecule has 1 aliphatic rings. The fourth-order valence-corrected chi connectivity index (χ4v) is 3.04. The van der Waals surface area contributed by atoms with Crippen LogP contribution in [0.25, 0.3) is 0 Å². The molecule has 0 aromatic heterocycles. The van der Waals surface area contributed by atoms with E-state index in [4.69, 9.17) is 4.74 Å². The van der Waals surface area contributed by atoms with Crippen LogP contribution in [0.5, 0.6) is 0 Å². The van der Waals surface area contributed by atoms with Crippen LogP contribution in [-0.2, 0) is 19.1 Å². The predicted molar refractivity (Wildman–Crippen MR) is 112 cm³/mol. The quantitative estimate of drug-likeness (QED) is 0.510. The number of ether oxygens (including phenoxy) is 1. The molecule has 0 spiro atoms. The highest BCUT2D eigenvalue weighted by molar-refractivity contribution is 5.98. The lowest BCUT2D eigenvalue weighted by Crippen LogP contribution is -2.57. The summed E-state index contributed by atoms with van der Waals surface area (Å²) in [6.07, 6.45) is -0.113. The summed E-state index contributed by atoms with van der Waals surface area (Å²) in [6.45, 7) is 7.27. The highest BCUT2D eigenvalue weighted by Gasteiger charge is 2.33. The number of carbonyl (C=O) groups is 4.